The van der Waals surface area contributed by atoms with Gasteiger partial charge >= 0.3 is 0 Å². The molecule has 0 spiro atoms. The van der Waals surface area contributed by atoms with Crippen LogP contribution >= 0.6 is 0 Å². The number of carbonyl (C=O) groups is 5. The highest BCUT2D eigenvalue weighted by Gasteiger charge is 2.72. The molecule has 0 radical (unpaired) electrons. The van der Waals surface area contributed by atoms with Crippen LogP contribution in [0.5, 0.6) is 5.75 Å². The minimum absolute atomic E-state index is 0.0361. The summed E-state index contributed by atoms with van der Waals surface area (Å²) >= 11 is 0. The number of hydrogen-bond acceptors (Lipinski definition) is 9. The van der Waals surface area contributed by atoms with Crippen LogP contribution in [0.4, 0.5) is 0 Å². The zero-order chi connectivity index (χ0) is 30.1. The third-order valence-electron chi connectivity index (χ3n) is 10.5. The topological polar surface area (TPSA) is 175 Å². The second-order valence-corrected chi connectivity index (χ2v) is 13.1. The minimum atomic E-state index is -2.98. The molecule has 10 heteroatoms. The van der Waals surface area contributed by atoms with Gasteiger partial charge in [-0.3, -0.25) is 28.9 Å². The second kappa shape index (κ2) is 10.4. The lowest BCUT2D eigenvalue weighted by atomic mass is 9.49. The van der Waals surface area contributed by atoms with Crippen molar-refractivity contribution in [2.75, 3.05) is 14.1 Å². The van der Waals surface area contributed by atoms with Crippen molar-refractivity contribution in [3.8, 4) is 5.75 Å². The van der Waals surface area contributed by atoms with Crippen LogP contribution in [-0.2, 0) is 25.6 Å². The number of aryl methyl sites for hydroxylation is 1. The van der Waals surface area contributed by atoms with Gasteiger partial charge in [0, 0.05) is 5.92 Å². The number of phenolic OH excluding ortho intramolecular Hbond substituents is 1. The molecule has 3 saturated carbocycles. The largest absolute Gasteiger partial charge is 0.507 e. The highest BCUT2D eigenvalue weighted by Crippen LogP contribution is 2.54. The first-order valence-electron chi connectivity index (χ1n) is 14.6. The summed E-state index contributed by atoms with van der Waals surface area (Å²) in [6.45, 7) is 3.97. The SMILES string of the molecule is CC1CCC(CCc2ccc3c(c2O)C(=O)C2C(=O)[C@@]4(O)C(=O)C(C(N)=O)C(=O)[C@H](N(C)C)[C@H]4[C@H](O)[C@H]2[C@@H]3C)CC1. The number of aromatic hydroxyl groups is 1. The van der Waals surface area contributed by atoms with E-state index in [2.05, 4.69) is 6.92 Å². The van der Waals surface area contributed by atoms with Gasteiger partial charge in [0.05, 0.1) is 29.5 Å². The number of aliphatic hydroxyl groups is 2. The van der Waals surface area contributed by atoms with E-state index in [-0.39, 0.29) is 11.3 Å². The first-order chi connectivity index (χ1) is 19.2. The predicted octanol–water partition coefficient (Wildman–Crippen LogP) is 1.16. The molecule has 41 heavy (non-hydrogen) atoms. The number of hydrogen-bond donors (Lipinski definition) is 4. The second-order valence-electron chi connectivity index (χ2n) is 13.1. The van der Waals surface area contributed by atoms with E-state index >= 15 is 0 Å². The number of amides is 1. The minimum Gasteiger partial charge on any atom is -0.507 e. The molecule has 0 aromatic heterocycles. The Kier molecular flexibility index (Phi) is 7.49. The summed E-state index contributed by atoms with van der Waals surface area (Å²) in [7, 11) is 2.94. The van der Waals surface area contributed by atoms with E-state index in [0.29, 0.717) is 29.4 Å². The van der Waals surface area contributed by atoms with Crippen LogP contribution in [0.1, 0.15) is 73.4 Å². The maximum Gasteiger partial charge on any atom is 0.235 e. The summed E-state index contributed by atoms with van der Waals surface area (Å²) in [5.41, 5.74) is 3.39. The van der Waals surface area contributed by atoms with Crippen LogP contribution in [0.3, 0.4) is 0 Å². The molecule has 8 atom stereocenters. The monoisotopic (exact) mass is 568 g/mol. The number of nitrogens with two attached hydrogens (primary N) is 1. The van der Waals surface area contributed by atoms with Gasteiger partial charge in [0.15, 0.2) is 34.7 Å². The van der Waals surface area contributed by atoms with E-state index in [1.807, 2.05) is 0 Å². The molecule has 0 aliphatic heterocycles. The van der Waals surface area contributed by atoms with Crippen molar-refractivity contribution in [3.63, 3.8) is 0 Å². The predicted molar refractivity (Wildman–Crippen MR) is 147 cm³/mol. The summed E-state index contributed by atoms with van der Waals surface area (Å²) in [4.78, 5) is 68.3. The molecule has 1 aromatic carbocycles. The molecule has 0 heterocycles. The Morgan fingerprint density at radius 3 is 2.27 bits per heavy atom. The average molecular weight is 569 g/mol. The third-order valence-corrected chi connectivity index (χ3v) is 10.5. The summed E-state index contributed by atoms with van der Waals surface area (Å²) < 4.78 is 0. The van der Waals surface area contributed by atoms with Crippen LogP contribution in [-0.4, -0.2) is 81.1 Å². The lowest BCUT2D eigenvalue weighted by molar-refractivity contribution is -0.196. The highest BCUT2D eigenvalue weighted by atomic mass is 16.3. The number of phenols is 1. The number of rotatable bonds is 5. The Balaban J connectivity index is 1.55. The van der Waals surface area contributed by atoms with E-state index in [1.165, 1.54) is 31.8 Å². The molecule has 4 aliphatic rings. The Labute approximate surface area is 239 Å². The Hall–Kier alpha value is -2.95. The van der Waals surface area contributed by atoms with E-state index in [4.69, 9.17) is 5.73 Å². The lowest BCUT2D eigenvalue weighted by Crippen LogP contribution is -2.77. The third kappa shape index (κ3) is 4.29. The number of fused-ring (bicyclic) bond motifs is 3. The number of Topliss-reactive ketones (excluding diaryl/α,β-unsaturated/α-hetero) is 4. The van der Waals surface area contributed by atoms with Crippen molar-refractivity contribution in [2.24, 2.45) is 41.2 Å². The Bertz CT molecular complexity index is 1320. The van der Waals surface area contributed by atoms with Gasteiger partial charge in [0.1, 0.15) is 5.75 Å². The van der Waals surface area contributed by atoms with Crippen molar-refractivity contribution in [2.45, 2.75) is 76.0 Å². The summed E-state index contributed by atoms with van der Waals surface area (Å²) in [5.74, 6) is -11.6. The first kappa shape index (κ1) is 29.5. The fourth-order valence-corrected chi connectivity index (χ4v) is 8.21. The highest BCUT2D eigenvalue weighted by molar-refractivity contribution is 6.32. The zero-order valence-electron chi connectivity index (χ0n) is 24.0. The molecule has 1 amide bonds. The Morgan fingerprint density at radius 2 is 1.68 bits per heavy atom. The molecular weight excluding hydrogens is 528 g/mol. The van der Waals surface area contributed by atoms with E-state index in [9.17, 15) is 39.3 Å². The summed E-state index contributed by atoms with van der Waals surface area (Å²) in [5, 5.41) is 34.7. The van der Waals surface area contributed by atoms with Gasteiger partial charge in [0.25, 0.3) is 0 Å². The van der Waals surface area contributed by atoms with Gasteiger partial charge in [0.2, 0.25) is 5.91 Å². The van der Waals surface area contributed by atoms with Gasteiger partial charge in [-0.2, -0.15) is 0 Å². The van der Waals surface area contributed by atoms with E-state index in [0.717, 1.165) is 19.3 Å². The molecule has 0 bridgehead atoms. The van der Waals surface area contributed by atoms with Gasteiger partial charge in [-0.15, -0.1) is 0 Å². The molecule has 1 aromatic rings. The van der Waals surface area contributed by atoms with Crippen molar-refractivity contribution in [3.05, 3.63) is 28.8 Å². The maximum absolute atomic E-state index is 14.1. The fourth-order valence-electron chi connectivity index (χ4n) is 8.21. The quantitative estimate of drug-likeness (QED) is 0.380. The molecule has 3 fully saturated rings. The van der Waals surface area contributed by atoms with Gasteiger partial charge < -0.3 is 21.1 Å². The molecule has 2 unspecified atom stereocenters. The number of nitrogens with zero attached hydrogens (tertiary/aromatic N) is 1. The van der Waals surface area contributed by atoms with Crippen LogP contribution < -0.4 is 5.73 Å². The van der Waals surface area contributed by atoms with Gasteiger partial charge in [-0.25, -0.2) is 0 Å². The molecule has 5 N–H and O–H groups in total. The molecule has 5 rings (SSSR count). The van der Waals surface area contributed by atoms with Crippen LogP contribution in [0.15, 0.2) is 12.1 Å². The summed E-state index contributed by atoms with van der Waals surface area (Å²) in [6.07, 6.45) is 4.37. The maximum atomic E-state index is 14.1. The molecular formula is C31H40N2O8. The van der Waals surface area contributed by atoms with Crippen molar-refractivity contribution >= 4 is 29.0 Å². The van der Waals surface area contributed by atoms with E-state index < -0.39 is 76.4 Å². The average Bonchev–Trinajstić information content (AvgIpc) is 2.90. The number of benzene rings is 1. The number of primary amides is 1. The molecule has 0 saturated heterocycles. The van der Waals surface area contributed by atoms with Crippen LogP contribution in [0.2, 0.25) is 0 Å². The number of carbonyl (C=O) groups excluding carboxylic acids is 5. The molecule has 4 aliphatic carbocycles. The van der Waals surface area contributed by atoms with Crippen LogP contribution in [0, 0.1) is 35.5 Å². The standard InChI is InChI=1S/C31H40N2O8/c1-13-5-7-15(8-6-13)9-10-16-11-12-17-14(2)18-20(25(35)19(17)24(16)34)28(38)31(41)22(26(18)36)23(33(3)4)27(37)21(29(31)39)30(32)40/h11-15,18,20-23,26,34,36,41H,5-10H2,1-4H3,(H2,32,40)/t13?,14-,15?,18+,20?,21?,22+,23-,26-,31-/m1/s1. The van der Waals surface area contributed by atoms with Crippen molar-refractivity contribution in [1.29, 1.82) is 0 Å². The van der Waals surface area contributed by atoms with Crippen molar-refractivity contribution in [1.82, 2.24) is 4.90 Å². The van der Waals surface area contributed by atoms with E-state index in [1.54, 1.807) is 19.1 Å². The molecule has 10 nitrogen and oxygen atoms in total. The lowest BCUT2D eigenvalue weighted by Gasteiger charge is -2.56. The number of ketones is 4. The number of likely N-dealkylation sites (N-methyl/N-ethyl adjacent to an activating group) is 1. The smallest absolute Gasteiger partial charge is 0.235 e. The molecule has 222 valence electrons. The fraction of sp³-hybridized carbons (Fsp3) is 0.645. The van der Waals surface area contributed by atoms with Crippen LogP contribution in [0.25, 0.3) is 0 Å². The zero-order valence-corrected chi connectivity index (χ0v) is 24.0. The first-order valence-corrected chi connectivity index (χ1v) is 14.6. The Morgan fingerprint density at radius 1 is 1.05 bits per heavy atom. The summed E-state index contributed by atoms with van der Waals surface area (Å²) in [6, 6.07) is 2.15. The van der Waals surface area contributed by atoms with Gasteiger partial charge in [-0.1, -0.05) is 51.7 Å². The number of aliphatic hydroxyl groups excluding tert-OH is 1. The normalized spacial score (nSPS) is 38.9. The van der Waals surface area contributed by atoms with Gasteiger partial charge in [-0.05, 0) is 55.8 Å². The van der Waals surface area contributed by atoms with Crippen molar-refractivity contribution < 1.29 is 39.3 Å².